The summed E-state index contributed by atoms with van der Waals surface area (Å²) in [5, 5.41) is 8.57. The minimum atomic E-state index is -6.00. The summed E-state index contributed by atoms with van der Waals surface area (Å²) in [4.78, 5) is 3.12. The van der Waals surface area contributed by atoms with Gasteiger partial charge in [0, 0.05) is 12.1 Å². The van der Waals surface area contributed by atoms with E-state index in [1.165, 1.54) is 11.1 Å². The molecule has 0 unspecified atom stereocenters. The van der Waals surface area contributed by atoms with Gasteiger partial charge < -0.3 is 17.3 Å². The summed E-state index contributed by atoms with van der Waals surface area (Å²) >= 11 is 0. The van der Waals surface area contributed by atoms with Crippen molar-refractivity contribution in [2.24, 2.45) is 0 Å². The highest BCUT2D eigenvalue weighted by atomic mass is 19.5. The molecule has 0 aromatic heterocycles. The Bertz CT molecular complexity index is 597. The summed E-state index contributed by atoms with van der Waals surface area (Å²) in [7, 11) is -6.00. The molecule has 0 aliphatic carbocycles. The highest BCUT2D eigenvalue weighted by Gasteiger charge is 2.20. The molecule has 0 N–H and O–H groups in total. The van der Waals surface area contributed by atoms with E-state index in [9.17, 15) is 17.3 Å². The molecule has 0 atom stereocenters. The largest absolute Gasteiger partial charge is 0.673 e. The van der Waals surface area contributed by atoms with E-state index in [0.29, 0.717) is 5.69 Å². The standard InChI is InChI=1S/C13H11N2.BF4/c1-10-3-2-4-12(9-10)11-5-7-13(15-14)8-6-11;2-1(3,4)5/h2-9H,1H3;/q+1;-1. The van der Waals surface area contributed by atoms with Crippen molar-refractivity contribution in [2.45, 2.75) is 6.92 Å². The molecular formula is C13H11BF4N2. The fraction of sp³-hybridized carbons (Fsp3) is 0.0769. The fourth-order valence-electron chi connectivity index (χ4n) is 1.55. The van der Waals surface area contributed by atoms with Crippen LogP contribution in [0.4, 0.5) is 23.0 Å². The number of benzene rings is 2. The van der Waals surface area contributed by atoms with Crippen LogP contribution in [0.5, 0.6) is 0 Å². The molecule has 0 aliphatic rings. The van der Waals surface area contributed by atoms with Gasteiger partial charge in [0.15, 0.2) is 4.98 Å². The van der Waals surface area contributed by atoms with E-state index in [0.717, 1.165) is 5.56 Å². The molecule has 0 bridgehead atoms. The zero-order valence-electron chi connectivity index (χ0n) is 10.6. The smallest absolute Gasteiger partial charge is 0.418 e. The van der Waals surface area contributed by atoms with Gasteiger partial charge in [-0.25, -0.2) is 0 Å². The van der Waals surface area contributed by atoms with E-state index >= 15 is 0 Å². The molecular weight excluding hydrogens is 271 g/mol. The van der Waals surface area contributed by atoms with E-state index in [1.807, 2.05) is 18.2 Å². The Balaban J connectivity index is 0.000000347. The van der Waals surface area contributed by atoms with Crippen LogP contribution in [0.1, 0.15) is 5.56 Å². The van der Waals surface area contributed by atoms with Crippen molar-refractivity contribution >= 4 is 12.9 Å². The van der Waals surface area contributed by atoms with Gasteiger partial charge in [-0.15, -0.1) is 0 Å². The van der Waals surface area contributed by atoms with Gasteiger partial charge in [-0.2, -0.15) is 0 Å². The van der Waals surface area contributed by atoms with Crippen molar-refractivity contribution in [2.75, 3.05) is 0 Å². The Morgan fingerprint density at radius 3 is 1.90 bits per heavy atom. The van der Waals surface area contributed by atoms with Crippen LogP contribution in [0.15, 0.2) is 48.5 Å². The second-order valence-electron chi connectivity index (χ2n) is 4.01. The molecule has 104 valence electrons. The maximum absolute atomic E-state index is 9.75. The SMILES string of the molecule is Cc1cccc(-c2ccc([N+]#N)cc2)c1.F[B-](F)(F)F. The molecule has 0 saturated heterocycles. The van der Waals surface area contributed by atoms with Crippen LogP contribution in [0.2, 0.25) is 0 Å². The summed E-state index contributed by atoms with van der Waals surface area (Å²) in [6.45, 7) is 2.07. The molecule has 0 heterocycles. The molecule has 20 heavy (non-hydrogen) atoms. The molecule has 2 aromatic carbocycles. The molecule has 0 saturated carbocycles. The van der Waals surface area contributed by atoms with E-state index in [1.54, 1.807) is 12.1 Å². The lowest BCUT2D eigenvalue weighted by atomic mass is 10.0. The third-order valence-corrected chi connectivity index (χ3v) is 2.33. The lowest BCUT2D eigenvalue weighted by Crippen LogP contribution is -2.02. The molecule has 0 radical (unpaired) electrons. The molecule has 0 spiro atoms. The predicted molar refractivity (Wildman–Crippen MR) is 71.5 cm³/mol. The second-order valence-corrected chi connectivity index (χ2v) is 4.01. The molecule has 7 heteroatoms. The first-order valence-corrected chi connectivity index (χ1v) is 5.69. The third kappa shape index (κ3) is 6.00. The minimum absolute atomic E-state index is 0.575. The van der Waals surface area contributed by atoms with E-state index in [-0.39, 0.29) is 0 Å². The van der Waals surface area contributed by atoms with Crippen LogP contribution in [0.3, 0.4) is 0 Å². The average Bonchev–Trinajstić information content (AvgIpc) is 2.37. The molecule has 2 nitrogen and oxygen atoms in total. The van der Waals surface area contributed by atoms with Crippen LogP contribution in [0.25, 0.3) is 16.1 Å². The zero-order chi connectivity index (χ0) is 15.2. The third-order valence-electron chi connectivity index (χ3n) is 2.33. The lowest BCUT2D eigenvalue weighted by molar-refractivity contribution is 0.368. The van der Waals surface area contributed by atoms with Gasteiger partial charge in [-0.1, -0.05) is 29.8 Å². The van der Waals surface area contributed by atoms with Gasteiger partial charge in [0.05, 0.1) is 0 Å². The van der Waals surface area contributed by atoms with Crippen molar-refractivity contribution < 1.29 is 17.3 Å². The maximum Gasteiger partial charge on any atom is 0.673 e. The van der Waals surface area contributed by atoms with Crippen LogP contribution in [-0.2, 0) is 0 Å². The molecule has 2 rings (SSSR count). The molecule has 0 aliphatic heterocycles. The Morgan fingerprint density at radius 2 is 1.45 bits per heavy atom. The number of halogens is 4. The quantitative estimate of drug-likeness (QED) is 0.388. The van der Waals surface area contributed by atoms with Crippen LogP contribution in [0, 0.1) is 12.3 Å². The lowest BCUT2D eigenvalue weighted by Gasteiger charge is -2.00. The topological polar surface area (TPSA) is 28.1 Å². The van der Waals surface area contributed by atoms with Gasteiger partial charge in [0.25, 0.3) is 0 Å². The highest BCUT2D eigenvalue weighted by Crippen LogP contribution is 2.23. The van der Waals surface area contributed by atoms with Gasteiger partial charge in [-0.05, 0) is 30.2 Å². The van der Waals surface area contributed by atoms with Crippen LogP contribution < -0.4 is 0 Å². The second kappa shape index (κ2) is 6.71. The van der Waals surface area contributed by atoms with Crippen LogP contribution in [-0.4, -0.2) is 7.25 Å². The van der Waals surface area contributed by atoms with Crippen molar-refractivity contribution in [3.8, 4) is 11.1 Å². The van der Waals surface area contributed by atoms with Crippen molar-refractivity contribution in [1.29, 1.82) is 5.39 Å². The first-order chi connectivity index (χ1) is 9.29. The summed E-state index contributed by atoms with van der Waals surface area (Å²) < 4.78 is 39.0. The summed E-state index contributed by atoms with van der Waals surface area (Å²) in [5.74, 6) is 0. The summed E-state index contributed by atoms with van der Waals surface area (Å²) in [6, 6.07) is 15.8. The van der Waals surface area contributed by atoms with Gasteiger partial charge >= 0.3 is 12.9 Å². The normalized spacial score (nSPS) is 10.2. The number of rotatable bonds is 1. The summed E-state index contributed by atoms with van der Waals surface area (Å²) in [6.07, 6.45) is 0. The Kier molecular flexibility index (Phi) is 5.27. The Labute approximate surface area is 113 Å². The first kappa shape index (κ1) is 15.7. The highest BCUT2D eigenvalue weighted by molar-refractivity contribution is 6.50. The van der Waals surface area contributed by atoms with Gasteiger partial charge in [0.1, 0.15) is 0 Å². The van der Waals surface area contributed by atoms with E-state index in [4.69, 9.17) is 5.39 Å². The number of aryl methyl sites for hydroxylation is 1. The monoisotopic (exact) mass is 282 g/mol. The van der Waals surface area contributed by atoms with E-state index < -0.39 is 7.25 Å². The molecule has 0 fully saturated rings. The number of diazo groups is 1. The van der Waals surface area contributed by atoms with Crippen molar-refractivity contribution in [1.82, 2.24) is 0 Å². The first-order valence-electron chi connectivity index (χ1n) is 5.69. The number of nitrogens with zero attached hydrogens (tertiary/aromatic N) is 2. The Morgan fingerprint density at radius 1 is 0.900 bits per heavy atom. The predicted octanol–water partition coefficient (Wildman–Crippen LogP) is 5.45. The van der Waals surface area contributed by atoms with Crippen LogP contribution >= 0.6 is 0 Å². The van der Waals surface area contributed by atoms with Gasteiger partial charge in [-0.3, -0.25) is 0 Å². The molecule has 2 aromatic rings. The van der Waals surface area contributed by atoms with Crippen molar-refractivity contribution in [3.05, 3.63) is 59.1 Å². The number of hydrogen-bond donors (Lipinski definition) is 0. The van der Waals surface area contributed by atoms with E-state index in [2.05, 4.69) is 30.1 Å². The maximum atomic E-state index is 9.75. The minimum Gasteiger partial charge on any atom is -0.418 e. The fourth-order valence-corrected chi connectivity index (χ4v) is 1.55. The average molecular weight is 282 g/mol. The Hall–Kier alpha value is -2.36. The van der Waals surface area contributed by atoms with Gasteiger partial charge in [0.2, 0.25) is 5.39 Å². The van der Waals surface area contributed by atoms with Crippen molar-refractivity contribution in [3.63, 3.8) is 0 Å². The summed E-state index contributed by atoms with van der Waals surface area (Å²) in [5.41, 5.74) is 4.13. The molecule has 0 amide bonds. The zero-order valence-corrected chi connectivity index (χ0v) is 10.6. The number of hydrogen-bond acceptors (Lipinski definition) is 1.